The minimum absolute atomic E-state index is 0.263. The van der Waals surface area contributed by atoms with E-state index in [9.17, 15) is 8.42 Å². The van der Waals surface area contributed by atoms with Gasteiger partial charge in [0.1, 0.15) is 23.0 Å². The Labute approximate surface area is 191 Å². The second-order valence-corrected chi connectivity index (χ2v) is 9.59. The Morgan fingerprint density at radius 2 is 1.73 bits per heavy atom. The summed E-state index contributed by atoms with van der Waals surface area (Å²) in [5.74, 6) is 1.08. The van der Waals surface area contributed by atoms with E-state index in [-0.39, 0.29) is 5.75 Å². The van der Waals surface area contributed by atoms with Gasteiger partial charge in [-0.1, -0.05) is 59.8 Å². The molecule has 0 bridgehead atoms. The molecule has 1 N–H and O–H groups in total. The minimum atomic E-state index is -3.66. The van der Waals surface area contributed by atoms with E-state index >= 15 is 0 Å². The Kier molecular flexibility index (Phi) is 5.43. The lowest BCUT2D eigenvalue weighted by atomic mass is 10.1. The van der Waals surface area contributed by atoms with Crippen LogP contribution in [0.4, 0.5) is 5.69 Å². The lowest BCUT2D eigenvalue weighted by molar-refractivity contribution is 0.392. The van der Waals surface area contributed by atoms with Gasteiger partial charge in [-0.2, -0.15) is 0 Å². The Balaban J connectivity index is 1.49. The molecule has 5 rings (SSSR count). The second-order valence-electron chi connectivity index (χ2n) is 7.87. The number of nitrogens with one attached hydrogen (secondary N) is 1. The number of fused-ring (bicyclic) bond motifs is 1. The molecule has 0 amide bonds. The van der Waals surface area contributed by atoms with E-state index in [0.717, 1.165) is 28.0 Å². The maximum atomic E-state index is 12.7. The van der Waals surface area contributed by atoms with Crippen LogP contribution >= 0.6 is 0 Å². The van der Waals surface area contributed by atoms with E-state index in [1.54, 1.807) is 25.1 Å². The zero-order chi connectivity index (χ0) is 22.8. The van der Waals surface area contributed by atoms with E-state index in [1.807, 2.05) is 54.6 Å². The smallest absolute Gasteiger partial charge is 0.238 e. The fourth-order valence-corrected chi connectivity index (χ4v) is 4.92. The molecule has 3 aromatic carbocycles. The average Bonchev–Trinajstić information content (AvgIpc) is 3.37. The highest BCUT2D eigenvalue weighted by Gasteiger charge is 2.17. The third-order valence-corrected chi connectivity index (χ3v) is 6.47. The first-order valence-corrected chi connectivity index (χ1v) is 12.1. The number of rotatable bonds is 7. The number of aromatic nitrogens is 3. The average molecular weight is 459 g/mol. The van der Waals surface area contributed by atoms with Crippen LogP contribution in [0.1, 0.15) is 17.0 Å². The van der Waals surface area contributed by atoms with Crippen LogP contribution in [-0.4, -0.2) is 23.1 Å². The molecule has 166 valence electrons. The van der Waals surface area contributed by atoms with Crippen molar-refractivity contribution in [3.8, 4) is 11.4 Å². The van der Waals surface area contributed by atoms with Crippen molar-refractivity contribution < 1.29 is 12.9 Å². The molecule has 0 spiro atoms. The van der Waals surface area contributed by atoms with Gasteiger partial charge in [0.2, 0.25) is 10.0 Å². The summed E-state index contributed by atoms with van der Waals surface area (Å²) in [5.41, 5.74) is 4.70. The molecule has 0 atom stereocenters. The van der Waals surface area contributed by atoms with Gasteiger partial charge in [0.05, 0.1) is 11.0 Å². The van der Waals surface area contributed by atoms with E-state index in [2.05, 4.69) is 26.6 Å². The molecule has 0 saturated carbocycles. The molecule has 33 heavy (non-hydrogen) atoms. The van der Waals surface area contributed by atoms with Crippen LogP contribution in [0.3, 0.4) is 0 Å². The Morgan fingerprint density at radius 1 is 0.939 bits per heavy atom. The first kappa shape index (κ1) is 21.0. The number of nitrogens with zero attached hydrogens (tertiary/aromatic N) is 3. The minimum Gasteiger partial charge on any atom is -0.361 e. The summed E-state index contributed by atoms with van der Waals surface area (Å²) in [6.45, 7) is 2.37. The topological polar surface area (TPSA) is 90.0 Å². The fourth-order valence-electron chi connectivity index (χ4n) is 3.84. The number of aryl methyl sites for hydroxylation is 1. The van der Waals surface area contributed by atoms with Crippen LogP contribution < -0.4 is 4.72 Å². The van der Waals surface area contributed by atoms with Gasteiger partial charge in [0, 0.05) is 23.9 Å². The Hall–Kier alpha value is -3.91. The summed E-state index contributed by atoms with van der Waals surface area (Å²) >= 11 is 0. The molecule has 0 aliphatic heterocycles. The quantitative estimate of drug-likeness (QED) is 0.371. The molecule has 7 nitrogen and oxygen atoms in total. The normalized spacial score (nSPS) is 11.7. The van der Waals surface area contributed by atoms with Crippen molar-refractivity contribution in [1.29, 1.82) is 0 Å². The molecule has 0 radical (unpaired) electrons. The number of para-hydroxylation sites is 2. The van der Waals surface area contributed by atoms with Crippen molar-refractivity contribution in [2.45, 2.75) is 19.2 Å². The van der Waals surface area contributed by atoms with Gasteiger partial charge in [-0.25, -0.2) is 13.4 Å². The van der Waals surface area contributed by atoms with Crippen molar-refractivity contribution in [3.63, 3.8) is 0 Å². The number of imidazole rings is 1. The van der Waals surface area contributed by atoms with Gasteiger partial charge in [-0.05, 0) is 36.8 Å². The summed E-state index contributed by atoms with van der Waals surface area (Å²) in [5, 5.41) is 3.78. The van der Waals surface area contributed by atoms with Gasteiger partial charge >= 0.3 is 0 Å². The van der Waals surface area contributed by atoms with E-state index in [0.29, 0.717) is 23.7 Å². The third kappa shape index (κ3) is 4.65. The van der Waals surface area contributed by atoms with E-state index in [1.165, 1.54) is 0 Å². The van der Waals surface area contributed by atoms with Crippen LogP contribution in [0.25, 0.3) is 22.4 Å². The number of hydrogen-bond acceptors (Lipinski definition) is 5. The summed E-state index contributed by atoms with van der Waals surface area (Å²) in [7, 11) is -3.66. The molecule has 2 heterocycles. The van der Waals surface area contributed by atoms with Crippen molar-refractivity contribution in [2.75, 3.05) is 4.72 Å². The van der Waals surface area contributed by atoms with Crippen molar-refractivity contribution in [3.05, 3.63) is 102 Å². The molecular weight excluding hydrogens is 436 g/mol. The van der Waals surface area contributed by atoms with Gasteiger partial charge in [-0.15, -0.1) is 0 Å². The van der Waals surface area contributed by atoms with Crippen molar-refractivity contribution in [1.82, 2.24) is 14.7 Å². The lowest BCUT2D eigenvalue weighted by Crippen LogP contribution is -2.15. The lowest BCUT2D eigenvalue weighted by Gasteiger charge is -2.12. The standard InChI is InChI=1S/C25H22N4O3S/c1-18-14-22(27-32-18)17-33(30,31)28-21-11-7-10-20(15-21)25-26-23-12-5-6-13-24(23)29(25)16-19-8-3-2-4-9-19/h2-15,28H,16-17H2,1H3. The predicted octanol–water partition coefficient (Wildman–Crippen LogP) is 4.99. The van der Waals surface area contributed by atoms with Crippen LogP contribution in [-0.2, 0) is 22.3 Å². The predicted molar refractivity (Wildman–Crippen MR) is 128 cm³/mol. The molecule has 0 aliphatic rings. The molecular formula is C25H22N4O3S. The summed E-state index contributed by atoms with van der Waals surface area (Å²) < 4.78 is 35.1. The first-order valence-electron chi connectivity index (χ1n) is 10.5. The molecule has 2 aromatic heterocycles. The highest BCUT2D eigenvalue weighted by atomic mass is 32.2. The first-order chi connectivity index (χ1) is 16.0. The summed E-state index contributed by atoms with van der Waals surface area (Å²) in [4.78, 5) is 4.85. The zero-order valence-electron chi connectivity index (χ0n) is 18.0. The van der Waals surface area contributed by atoms with Crippen LogP contribution in [0, 0.1) is 6.92 Å². The molecule has 5 aromatic rings. The molecule has 0 fully saturated rings. The third-order valence-electron chi connectivity index (χ3n) is 5.25. The van der Waals surface area contributed by atoms with Gasteiger partial charge < -0.3 is 9.09 Å². The zero-order valence-corrected chi connectivity index (χ0v) is 18.8. The Morgan fingerprint density at radius 3 is 2.52 bits per heavy atom. The summed E-state index contributed by atoms with van der Waals surface area (Å²) in [6, 6.07) is 27.0. The maximum Gasteiger partial charge on any atom is 0.238 e. The number of anilines is 1. The number of sulfonamides is 1. The second kappa shape index (κ2) is 8.55. The monoisotopic (exact) mass is 458 g/mol. The van der Waals surface area contributed by atoms with Crippen molar-refractivity contribution in [2.24, 2.45) is 0 Å². The van der Waals surface area contributed by atoms with Crippen molar-refractivity contribution >= 4 is 26.7 Å². The van der Waals surface area contributed by atoms with E-state index in [4.69, 9.17) is 9.51 Å². The molecule has 0 unspecified atom stereocenters. The molecule has 8 heteroatoms. The molecule has 0 saturated heterocycles. The van der Waals surface area contributed by atoms with Gasteiger partial charge in [0.15, 0.2) is 0 Å². The number of benzene rings is 3. The molecule has 0 aliphatic carbocycles. The van der Waals surface area contributed by atoms with E-state index < -0.39 is 10.0 Å². The van der Waals surface area contributed by atoms with Crippen LogP contribution in [0.2, 0.25) is 0 Å². The summed E-state index contributed by atoms with van der Waals surface area (Å²) in [6.07, 6.45) is 0. The number of hydrogen-bond donors (Lipinski definition) is 1. The Bertz CT molecular complexity index is 1520. The largest absolute Gasteiger partial charge is 0.361 e. The fraction of sp³-hybridized carbons (Fsp3) is 0.120. The van der Waals surface area contributed by atoms with Crippen LogP contribution in [0.15, 0.2) is 89.5 Å². The highest BCUT2D eigenvalue weighted by Crippen LogP contribution is 2.28. The van der Waals surface area contributed by atoms with Crippen LogP contribution in [0.5, 0.6) is 0 Å². The van der Waals surface area contributed by atoms with Gasteiger partial charge in [0.25, 0.3) is 0 Å². The highest BCUT2D eigenvalue weighted by molar-refractivity contribution is 7.91. The van der Waals surface area contributed by atoms with Gasteiger partial charge in [-0.3, -0.25) is 4.72 Å². The SMILES string of the molecule is Cc1cc(CS(=O)(=O)Nc2cccc(-c3nc4ccccc4n3Cc3ccccc3)c2)no1. The maximum absolute atomic E-state index is 12.7.